The quantitative estimate of drug-likeness (QED) is 0.231. The van der Waals surface area contributed by atoms with Crippen molar-refractivity contribution in [3.05, 3.63) is 71.4 Å². The average molecular weight is 364 g/mol. The number of carbonyl (C=O) groups excluding carboxylic acids is 1. The SMILES string of the molecule is C#CC.COC(=O)c1cn(-c2cccnc2)nn1.[N-]=[N+]=Nc1cccnc1. The first-order chi connectivity index (χ1) is 13.2. The maximum atomic E-state index is 11.1. The smallest absolute Gasteiger partial charge is 0.360 e. The largest absolute Gasteiger partial charge is 0.464 e. The van der Waals surface area contributed by atoms with E-state index in [9.17, 15) is 4.79 Å². The topological polar surface area (TPSA) is 132 Å². The van der Waals surface area contributed by atoms with Gasteiger partial charge in [-0.25, -0.2) is 9.48 Å². The number of pyridine rings is 2. The summed E-state index contributed by atoms with van der Waals surface area (Å²) in [6.07, 6.45) is 12.5. The number of hydrogen-bond donors (Lipinski definition) is 0. The molecule has 10 heteroatoms. The zero-order chi connectivity index (χ0) is 19.9. The van der Waals surface area contributed by atoms with E-state index >= 15 is 0 Å². The molecule has 10 nitrogen and oxygen atoms in total. The molecule has 3 aromatic rings. The lowest BCUT2D eigenvalue weighted by atomic mass is 10.4. The Labute approximate surface area is 155 Å². The van der Waals surface area contributed by atoms with E-state index in [0.29, 0.717) is 5.69 Å². The van der Waals surface area contributed by atoms with Crippen molar-refractivity contribution in [2.45, 2.75) is 6.92 Å². The van der Waals surface area contributed by atoms with Crippen LogP contribution in [0.1, 0.15) is 17.4 Å². The highest BCUT2D eigenvalue weighted by Crippen LogP contribution is 2.06. The van der Waals surface area contributed by atoms with Crippen LogP contribution < -0.4 is 0 Å². The van der Waals surface area contributed by atoms with Crippen LogP contribution in [0.3, 0.4) is 0 Å². The zero-order valence-electron chi connectivity index (χ0n) is 14.7. The van der Waals surface area contributed by atoms with Crippen LogP contribution in [-0.2, 0) is 4.74 Å². The Morgan fingerprint density at radius 1 is 1.30 bits per heavy atom. The van der Waals surface area contributed by atoms with Gasteiger partial charge in [0.05, 0.1) is 30.9 Å². The fourth-order valence-corrected chi connectivity index (χ4v) is 1.54. The number of nitrogens with zero attached hydrogens (tertiary/aromatic N) is 8. The summed E-state index contributed by atoms with van der Waals surface area (Å²) in [5, 5.41) is 10.8. The van der Waals surface area contributed by atoms with Crippen LogP contribution in [-0.4, -0.2) is 38.0 Å². The highest BCUT2D eigenvalue weighted by molar-refractivity contribution is 5.86. The molecule has 0 spiro atoms. The van der Waals surface area contributed by atoms with E-state index in [1.54, 1.807) is 43.7 Å². The van der Waals surface area contributed by atoms with Crippen molar-refractivity contribution in [3.63, 3.8) is 0 Å². The number of aromatic nitrogens is 5. The first-order valence-electron chi connectivity index (χ1n) is 7.39. The van der Waals surface area contributed by atoms with Gasteiger partial charge in [0, 0.05) is 23.5 Å². The summed E-state index contributed by atoms with van der Waals surface area (Å²) >= 11 is 0. The summed E-state index contributed by atoms with van der Waals surface area (Å²) in [6, 6.07) is 6.98. The van der Waals surface area contributed by atoms with Crippen molar-refractivity contribution in [1.82, 2.24) is 25.0 Å². The first kappa shape index (κ1) is 20.8. The molecule has 3 heterocycles. The van der Waals surface area contributed by atoms with Crippen LogP contribution in [0.5, 0.6) is 0 Å². The van der Waals surface area contributed by atoms with Crippen LogP contribution in [0.4, 0.5) is 5.69 Å². The molecule has 0 bridgehead atoms. The third-order valence-electron chi connectivity index (χ3n) is 2.60. The Morgan fingerprint density at radius 2 is 1.96 bits per heavy atom. The number of terminal acetylenes is 1. The van der Waals surface area contributed by atoms with Crippen molar-refractivity contribution in [3.8, 4) is 18.0 Å². The van der Waals surface area contributed by atoms with E-state index in [-0.39, 0.29) is 5.69 Å². The second-order valence-electron chi connectivity index (χ2n) is 4.44. The number of esters is 1. The van der Waals surface area contributed by atoms with Crippen molar-refractivity contribution in [2.75, 3.05) is 7.11 Å². The van der Waals surface area contributed by atoms with Crippen molar-refractivity contribution >= 4 is 11.7 Å². The molecule has 0 N–H and O–H groups in total. The molecule has 0 aliphatic rings. The lowest BCUT2D eigenvalue weighted by molar-refractivity contribution is 0.0594. The Hall–Kier alpha value is -4.22. The minimum atomic E-state index is -0.509. The van der Waals surface area contributed by atoms with Crippen molar-refractivity contribution in [1.29, 1.82) is 0 Å². The molecule has 0 aliphatic heterocycles. The zero-order valence-corrected chi connectivity index (χ0v) is 14.7. The second kappa shape index (κ2) is 12.2. The Kier molecular flexibility index (Phi) is 9.40. The number of methoxy groups -OCH3 is 1. The molecule has 0 saturated heterocycles. The van der Waals surface area contributed by atoms with Crippen LogP contribution in [0.15, 0.2) is 60.4 Å². The molecule has 0 unspecified atom stereocenters. The number of azide groups is 1. The number of rotatable bonds is 3. The predicted octanol–water partition coefficient (Wildman–Crippen LogP) is 3.11. The lowest BCUT2D eigenvalue weighted by Gasteiger charge is -1.96. The summed E-state index contributed by atoms with van der Waals surface area (Å²) in [5.74, 6) is 1.74. The van der Waals surface area contributed by atoms with E-state index in [0.717, 1.165) is 5.69 Å². The minimum Gasteiger partial charge on any atom is -0.464 e. The molecular weight excluding hydrogens is 348 g/mol. The van der Waals surface area contributed by atoms with E-state index in [2.05, 4.69) is 47.4 Å². The molecule has 0 radical (unpaired) electrons. The molecule has 3 aromatic heterocycles. The Morgan fingerprint density at radius 3 is 2.48 bits per heavy atom. The second-order valence-corrected chi connectivity index (χ2v) is 4.44. The maximum Gasteiger partial charge on any atom is 0.360 e. The van der Waals surface area contributed by atoms with Gasteiger partial charge in [0.15, 0.2) is 5.69 Å². The van der Waals surface area contributed by atoms with Crippen LogP contribution in [0.2, 0.25) is 0 Å². The predicted molar refractivity (Wildman–Crippen MR) is 98.0 cm³/mol. The van der Waals surface area contributed by atoms with Crippen molar-refractivity contribution in [2.24, 2.45) is 5.11 Å². The molecule has 3 rings (SSSR count). The molecule has 0 aromatic carbocycles. The number of ether oxygens (including phenoxy) is 1. The highest BCUT2D eigenvalue weighted by Gasteiger charge is 2.10. The molecule has 0 amide bonds. The van der Waals surface area contributed by atoms with Gasteiger partial charge in [0.1, 0.15) is 0 Å². The van der Waals surface area contributed by atoms with Gasteiger partial charge < -0.3 is 4.74 Å². The summed E-state index contributed by atoms with van der Waals surface area (Å²) in [5.41, 5.74) is 9.40. The average Bonchev–Trinajstić information content (AvgIpc) is 3.21. The summed E-state index contributed by atoms with van der Waals surface area (Å²) in [4.78, 5) is 21.4. The first-order valence-corrected chi connectivity index (χ1v) is 7.39. The summed E-state index contributed by atoms with van der Waals surface area (Å²) in [6.45, 7) is 1.65. The van der Waals surface area contributed by atoms with Gasteiger partial charge in [-0.3, -0.25) is 9.97 Å². The van der Waals surface area contributed by atoms with Crippen LogP contribution in [0.25, 0.3) is 16.1 Å². The van der Waals surface area contributed by atoms with Crippen LogP contribution in [0, 0.1) is 12.3 Å². The van der Waals surface area contributed by atoms with Gasteiger partial charge in [-0.2, -0.15) is 0 Å². The molecular formula is C17H16N8O2. The number of carbonyl (C=O) groups is 1. The van der Waals surface area contributed by atoms with Crippen molar-refractivity contribution < 1.29 is 9.53 Å². The van der Waals surface area contributed by atoms with Gasteiger partial charge in [0.2, 0.25) is 0 Å². The van der Waals surface area contributed by atoms with Gasteiger partial charge in [-0.15, -0.1) is 17.4 Å². The minimum absolute atomic E-state index is 0.168. The molecule has 136 valence electrons. The third kappa shape index (κ3) is 7.47. The Balaban J connectivity index is 0.000000259. The van der Waals surface area contributed by atoms with Gasteiger partial charge >= 0.3 is 5.97 Å². The van der Waals surface area contributed by atoms with Gasteiger partial charge in [-0.1, -0.05) is 10.3 Å². The summed E-state index contributed by atoms with van der Waals surface area (Å²) < 4.78 is 5.97. The standard InChI is InChI=1S/C9H8N4O2.C5H4N4.C3H4/c1-15-9(14)8-6-13(12-11-8)7-3-2-4-10-5-7;6-9-8-5-2-1-3-7-4-5;1-3-2/h2-6H,1H3;1-4H;1H,2H3. The van der Waals surface area contributed by atoms with E-state index in [1.807, 2.05) is 6.07 Å². The monoisotopic (exact) mass is 364 g/mol. The van der Waals surface area contributed by atoms with E-state index < -0.39 is 5.97 Å². The molecule has 0 saturated carbocycles. The van der Waals surface area contributed by atoms with Gasteiger partial charge in [0.25, 0.3) is 0 Å². The third-order valence-corrected chi connectivity index (χ3v) is 2.60. The molecule has 27 heavy (non-hydrogen) atoms. The summed E-state index contributed by atoms with van der Waals surface area (Å²) in [7, 11) is 1.30. The normalized spacial score (nSPS) is 8.48. The lowest BCUT2D eigenvalue weighted by Crippen LogP contribution is -2.01. The highest BCUT2D eigenvalue weighted by atomic mass is 16.5. The van der Waals surface area contributed by atoms with E-state index in [1.165, 1.54) is 24.2 Å². The molecule has 0 atom stereocenters. The number of hydrogen-bond acceptors (Lipinski definition) is 7. The fourth-order valence-electron chi connectivity index (χ4n) is 1.54. The Bertz CT molecular complexity index is 913. The maximum absolute atomic E-state index is 11.1. The molecule has 0 fully saturated rings. The fraction of sp³-hybridized carbons (Fsp3) is 0.118. The van der Waals surface area contributed by atoms with E-state index in [4.69, 9.17) is 5.53 Å². The van der Waals surface area contributed by atoms with Crippen LogP contribution >= 0.6 is 0 Å². The van der Waals surface area contributed by atoms with Gasteiger partial charge in [-0.05, 0) is 36.7 Å². The molecule has 0 aliphatic carbocycles.